The highest BCUT2D eigenvalue weighted by molar-refractivity contribution is 7.92. The average molecular weight is 314 g/mol. The number of nitrogens with one attached hydrogen (secondary N) is 1. The van der Waals surface area contributed by atoms with E-state index in [2.05, 4.69) is 10.4 Å². The van der Waals surface area contributed by atoms with Gasteiger partial charge in [-0.15, -0.1) is 0 Å². The fraction of sp³-hybridized carbons (Fsp3) is 0.692. The highest BCUT2D eigenvalue weighted by Gasteiger charge is 2.42. The summed E-state index contributed by atoms with van der Waals surface area (Å²) >= 11 is 0. The summed E-state index contributed by atoms with van der Waals surface area (Å²) < 4.78 is 24.8. The van der Waals surface area contributed by atoms with Gasteiger partial charge < -0.3 is 10.2 Å². The van der Waals surface area contributed by atoms with Gasteiger partial charge in [0.15, 0.2) is 9.84 Å². The van der Waals surface area contributed by atoms with Crippen molar-refractivity contribution in [3.8, 4) is 0 Å². The summed E-state index contributed by atoms with van der Waals surface area (Å²) in [4.78, 5) is 14.3. The summed E-state index contributed by atoms with van der Waals surface area (Å²) in [5.41, 5.74) is 0.774. The first-order valence-electron chi connectivity index (χ1n) is 6.85. The number of sulfone groups is 1. The zero-order chi connectivity index (χ0) is 15.8. The molecule has 0 spiro atoms. The molecule has 1 aromatic heterocycles. The molecule has 1 aliphatic heterocycles. The van der Waals surface area contributed by atoms with Crippen LogP contribution in [0.15, 0.2) is 12.4 Å². The Balaban J connectivity index is 2.20. The molecule has 8 heteroatoms. The van der Waals surface area contributed by atoms with Crippen LogP contribution in [0.2, 0.25) is 0 Å². The van der Waals surface area contributed by atoms with Gasteiger partial charge in [-0.3, -0.25) is 9.48 Å². The van der Waals surface area contributed by atoms with Gasteiger partial charge in [-0.05, 0) is 20.9 Å². The molecule has 0 radical (unpaired) electrons. The Bertz CT molecular complexity index is 636. The Labute approximate surface area is 125 Å². The lowest BCUT2D eigenvalue weighted by atomic mass is 10.1. The zero-order valence-electron chi connectivity index (χ0n) is 12.8. The Morgan fingerprint density at radius 2 is 2.14 bits per heavy atom. The minimum atomic E-state index is -3.15. The quantitative estimate of drug-likeness (QED) is 0.829. The van der Waals surface area contributed by atoms with E-state index in [1.165, 1.54) is 0 Å². The predicted octanol–water partition coefficient (Wildman–Crippen LogP) is -0.284. The third kappa shape index (κ3) is 2.96. The molecule has 21 heavy (non-hydrogen) atoms. The number of nitrogens with zero attached hydrogens (tertiary/aromatic N) is 3. The maximum atomic E-state index is 12.7. The van der Waals surface area contributed by atoms with Gasteiger partial charge in [0.05, 0.1) is 16.7 Å². The molecule has 1 atom stereocenters. The van der Waals surface area contributed by atoms with Gasteiger partial charge in [-0.1, -0.05) is 0 Å². The van der Waals surface area contributed by atoms with E-state index in [-0.39, 0.29) is 24.7 Å². The van der Waals surface area contributed by atoms with Gasteiger partial charge in [0, 0.05) is 31.9 Å². The summed E-state index contributed by atoms with van der Waals surface area (Å²) in [5, 5.41) is 7.06. The summed E-state index contributed by atoms with van der Waals surface area (Å²) in [5.74, 6) is -0.108. The van der Waals surface area contributed by atoms with E-state index in [0.717, 1.165) is 5.56 Å². The summed E-state index contributed by atoms with van der Waals surface area (Å²) in [7, 11) is 0.348. The highest BCUT2D eigenvalue weighted by atomic mass is 32.2. The predicted molar refractivity (Wildman–Crippen MR) is 79.5 cm³/mol. The Morgan fingerprint density at radius 3 is 2.62 bits per heavy atom. The molecule has 1 fully saturated rings. The third-order valence-electron chi connectivity index (χ3n) is 3.95. The van der Waals surface area contributed by atoms with Crippen molar-refractivity contribution < 1.29 is 13.2 Å². The first-order chi connectivity index (χ1) is 9.68. The number of hydrogen-bond donors (Lipinski definition) is 1. The van der Waals surface area contributed by atoms with Gasteiger partial charge >= 0.3 is 0 Å². The van der Waals surface area contributed by atoms with E-state index < -0.39 is 20.6 Å². The third-order valence-corrected chi connectivity index (χ3v) is 6.48. The van der Waals surface area contributed by atoms with E-state index in [0.29, 0.717) is 0 Å². The number of rotatable bonds is 3. The molecule has 1 saturated heterocycles. The molecule has 118 valence electrons. The van der Waals surface area contributed by atoms with Crippen LogP contribution in [0.5, 0.6) is 0 Å². The number of carbonyl (C=O) groups is 1. The molecule has 1 N–H and O–H groups in total. The standard InChI is InChI=1S/C13H22N4O3S/c1-13(2)9-17(5-6-21(13,19)20)12(18)11(14-3)10-7-15-16(4)8-10/h7-8,11,14H,5-6,9H2,1-4H3. The van der Waals surface area contributed by atoms with Crippen molar-refractivity contribution in [1.29, 1.82) is 0 Å². The molecule has 1 aliphatic rings. The number of amides is 1. The van der Waals surface area contributed by atoms with Gasteiger partial charge in [0.2, 0.25) is 5.91 Å². The molecule has 1 amide bonds. The summed E-state index contributed by atoms with van der Waals surface area (Å²) in [6.45, 7) is 3.79. The maximum Gasteiger partial charge on any atom is 0.244 e. The monoisotopic (exact) mass is 314 g/mol. The molecular weight excluding hydrogens is 292 g/mol. The molecule has 0 aliphatic carbocycles. The van der Waals surface area contributed by atoms with E-state index in [1.807, 2.05) is 0 Å². The Morgan fingerprint density at radius 1 is 1.48 bits per heavy atom. The molecule has 0 aromatic carbocycles. The molecule has 0 bridgehead atoms. The second-order valence-electron chi connectivity index (χ2n) is 6.01. The van der Waals surface area contributed by atoms with Crippen LogP contribution in [0.1, 0.15) is 25.5 Å². The van der Waals surface area contributed by atoms with Crippen LogP contribution in [0.3, 0.4) is 0 Å². The highest BCUT2D eigenvalue weighted by Crippen LogP contribution is 2.26. The average Bonchev–Trinajstić information content (AvgIpc) is 2.80. The summed E-state index contributed by atoms with van der Waals surface area (Å²) in [6, 6.07) is -0.504. The first kappa shape index (κ1) is 16.0. The van der Waals surface area contributed by atoms with Crippen molar-refractivity contribution in [1.82, 2.24) is 20.0 Å². The van der Waals surface area contributed by atoms with Crippen molar-refractivity contribution >= 4 is 15.7 Å². The zero-order valence-corrected chi connectivity index (χ0v) is 13.6. The smallest absolute Gasteiger partial charge is 0.244 e. The number of hydrogen-bond acceptors (Lipinski definition) is 5. The number of carbonyl (C=O) groups excluding carboxylic acids is 1. The van der Waals surface area contributed by atoms with Crippen LogP contribution in [-0.4, -0.2) is 59.6 Å². The normalized spacial score (nSPS) is 22.0. The van der Waals surface area contributed by atoms with Gasteiger partial charge in [-0.2, -0.15) is 5.10 Å². The Kier molecular flexibility index (Phi) is 4.12. The van der Waals surface area contributed by atoms with Crippen LogP contribution in [0.25, 0.3) is 0 Å². The fourth-order valence-corrected chi connectivity index (χ4v) is 3.90. The SMILES string of the molecule is CNC(C(=O)N1CCS(=O)(=O)C(C)(C)C1)c1cnn(C)c1. The van der Waals surface area contributed by atoms with Crippen molar-refractivity contribution in [2.45, 2.75) is 24.6 Å². The Hall–Kier alpha value is -1.41. The van der Waals surface area contributed by atoms with Crippen molar-refractivity contribution in [3.05, 3.63) is 18.0 Å². The molecule has 2 rings (SSSR count). The lowest BCUT2D eigenvalue weighted by molar-refractivity contribution is -0.133. The second-order valence-corrected chi connectivity index (χ2v) is 8.75. The van der Waals surface area contributed by atoms with Crippen LogP contribution in [-0.2, 0) is 21.7 Å². The minimum Gasteiger partial charge on any atom is -0.338 e. The lowest BCUT2D eigenvalue weighted by Crippen LogP contribution is -2.56. The summed E-state index contributed by atoms with van der Waals surface area (Å²) in [6.07, 6.45) is 3.43. The minimum absolute atomic E-state index is 0.00914. The van der Waals surface area contributed by atoms with Crippen LogP contribution in [0.4, 0.5) is 0 Å². The van der Waals surface area contributed by atoms with Gasteiger partial charge in [-0.25, -0.2) is 8.42 Å². The topological polar surface area (TPSA) is 84.3 Å². The first-order valence-corrected chi connectivity index (χ1v) is 8.50. The van der Waals surface area contributed by atoms with E-state index in [9.17, 15) is 13.2 Å². The van der Waals surface area contributed by atoms with E-state index in [1.54, 1.807) is 49.9 Å². The van der Waals surface area contributed by atoms with Crippen LogP contribution >= 0.6 is 0 Å². The van der Waals surface area contributed by atoms with E-state index in [4.69, 9.17) is 0 Å². The number of aryl methyl sites for hydroxylation is 1. The molecular formula is C13H22N4O3S. The second kappa shape index (κ2) is 5.42. The molecule has 0 saturated carbocycles. The lowest BCUT2D eigenvalue weighted by Gasteiger charge is -2.38. The fourth-order valence-electron chi connectivity index (χ4n) is 2.54. The molecule has 1 unspecified atom stereocenters. The molecule has 2 heterocycles. The van der Waals surface area contributed by atoms with Crippen molar-refractivity contribution in [2.75, 3.05) is 25.9 Å². The van der Waals surface area contributed by atoms with E-state index >= 15 is 0 Å². The molecule has 1 aromatic rings. The number of likely N-dealkylation sites (N-methyl/N-ethyl adjacent to an activating group) is 1. The largest absolute Gasteiger partial charge is 0.338 e. The molecule has 7 nitrogen and oxygen atoms in total. The maximum absolute atomic E-state index is 12.7. The van der Waals surface area contributed by atoms with Crippen molar-refractivity contribution in [2.24, 2.45) is 7.05 Å². The van der Waals surface area contributed by atoms with Gasteiger partial charge in [0.1, 0.15) is 6.04 Å². The van der Waals surface area contributed by atoms with Gasteiger partial charge in [0.25, 0.3) is 0 Å². The number of aromatic nitrogens is 2. The van der Waals surface area contributed by atoms with Crippen molar-refractivity contribution in [3.63, 3.8) is 0 Å². The van der Waals surface area contributed by atoms with Crippen LogP contribution in [0, 0.1) is 0 Å². The van der Waals surface area contributed by atoms with Crippen LogP contribution < -0.4 is 5.32 Å².